The molecule has 1 heterocycles. The van der Waals surface area contributed by atoms with E-state index in [4.69, 9.17) is 9.47 Å². The molecule has 1 N–H and O–H groups in total. The number of methoxy groups -OCH3 is 1. The van der Waals surface area contributed by atoms with Crippen LogP contribution in [0.3, 0.4) is 0 Å². The summed E-state index contributed by atoms with van der Waals surface area (Å²) in [6.07, 6.45) is -0.369. The summed E-state index contributed by atoms with van der Waals surface area (Å²) in [4.78, 5) is 10.9. The van der Waals surface area contributed by atoms with Crippen molar-refractivity contribution in [2.45, 2.75) is 6.04 Å². The average Bonchev–Trinajstić information content (AvgIpc) is 2.65. The normalized spacial score (nSPS) is 18.4. The lowest BCUT2D eigenvalue weighted by atomic mass is 10.1. The van der Waals surface area contributed by atoms with Gasteiger partial charge in [-0.05, 0) is 33.6 Å². The molecule has 0 saturated carbocycles. The largest absolute Gasteiger partial charge is 0.496 e. The average molecular weight is 309 g/mol. The van der Waals surface area contributed by atoms with E-state index in [1.54, 1.807) is 7.11 Å². The third-order valence-electron chi connectivity index (χ3n) is 2.25. The smallest absolute Gasteiger partial charge is 0.407 e. The first-order chi connectivity index (χ1) is 7.20. The fourth-order valence-corrected chi connectivity index (χ4v) is 2.02. The first-order valence-corrected chi connectivity index (χ1v) is 5.26. The van der Waals surface area contributed by atoms with E-state index < -0.39 is 0 Å². The first-order valence-electron chi connectivity index (χ1n) is 4.47. The Bertz CT molecular complexity index is 400. The third kappa shape index (κ3) is 2.59. The molecule has 1 fully saturated rings. The van der Waals surface area contributed by atoms with Crippen molar-refractivity contribution in [3.05, 3.63) is 28.2 Å². The molecule has 16 heavy (non-hydrogen) atoms. The molecule has 4 nitrogen and oxygen atoms in total. The number of nitrogens with one attached hydrogen (secondary N) is 1. The van der Waals surface area contributed by atoms with Gasteiger partial charge in [0, 0.05) is 0 Å². The minimum atomic E-state index is -0.369. The summed E-state index contributed by atoms with van der Waals surface area (Å²) in [6.45, 7) is 0.373. The Balaban J connectivity index is 0.00000128. The molecule has 0 spiro atoms. The summed E-state index contributed by atoms with van der Waals surface area (Å²) in [7, 11) is 1.61. The van der Waals surface area contributed by atoms with Gasteiger partial charge in [0.25, 0.3) is 0 Å². The topological polar surface area (TPSA) is 47.6 Å². The van der Waals surface area contributed by atoms with Gasteiger partial charge in [0.05, 0.1) is 17.6 Å². The van der Waals surface area contributed by atoms with Crippen LogP contribution in [0.1, 0.15) is 11.6 Å². The second-order valence-corrected chi connectivity index (χ2v) is 4.04. The van der Waals surface area contributed by atoms with Gasteiger partial charge in [-0.25, -0.2) is 4.79 Å². The molecule has 0 aromatic heterocycles. The number of amides is 1. The maximum atomic E-state index is 10.9. The lowest BCUT2D eigenvalue weighted by Crippen LogP contribution is -2.18. The van der Waals surface area contributed by atoms with Crippen molar-refractivity contribution < 1.29 is 14.3 Å². The van der Waals surface area contributed by atoms with E-state index >= 15 is 0 Å². The van der Waals surface area contributed by atoms with Gasteiger partial charge >= 0.3 is 6.09 Å². The van der Waals surface area contributed by atoms with Crippen molar-refractivity contribution in [2.24, 2.45) is 0 Å². The number of carbonyl (C=O) groups excluding carboxylic acids is 1. The maximum Gasteiger partial charge on any atom is 0.407 e. The van der Waals surface area contributed by atoms with Gasteiger partial charge in [0.15, 0.2) is 0 Å². The number of hydrogen-bond acceptors (Lipinski definition) is 3. The predicted octanol–water partition coefficient (Wildman–Crippen LogP) is 2.66. The van der Waals surface area contributed by atoms with Crippen molar-refractivity contribution >= 4 is 34.4 Å². The van der Waals surface area contributed by atoms with Crippen LogP contribution in [0.5, 0.6) is 5.75 Å². The van der Waals surface area contributed by atoms with Gasteiger partial charge in [-0.3, -0.25) is 0 Å². The molecular weight excluding hydrogens is 297 g/mol. The Morgan fingerprint density at radius 1 is 1.56 bits per heavy atom. The van der Waals surface area contributed by atoms with E-state index in [0.29, 0.717) is 6.61 Å². The summed E-state index contributed by atoms with van der Waals surface area (Å²) in [5, 5.41) is 2.71. The first kappa shape index (κ1) is 13.1. The molecule has 1 aliphatic rings. The minimum absolute atomic E-state index is 0. The molecule has 1 saturated heterocycles. The van der Waals surface area contributed by atoms with Crippen molar-refractivity contribution in [1.29, 1.82) is 0 Å². The fourth-order valence-electron chi connectivity index (χ4n) is 1.46. The van der Waals surface area contributed by atoms with E-state index in [-0.39, 0.29) is 24.5 Å². The van der Waals surface area contributed by atoms with Gasteiger partial charge < -0.3 is 14.8 Å². The number of hydrogen-bond donors (Lipinski definition) is 1. The molecule has 1 aliphatic heterocycles. The number of cyclic esters (lactones) is 1. The Hall–Kier alpha value is -0.940. The van der Waals surface area contributed by atoms with Gasteiger partial charge in [0.2, 0.25) is 0 Å². The summed E-state index contributed by atoms with van der Waals surface area (Å²) in [5.74, 6) is 0.768. The molecule has 0 bridgehead atoms. The van der Waals surface area contributed by atoms with Gasteiger partial charge in [-0.2, -0.15) is 0 Å². The Morgan fingerprint density at radius 2 is 2.31 bits per heavy atom. The van der Waals surface area contributed by atoms with Crippen molar-refractivity contribution in [2.75, 3.05) is 13.7 Å². The number of carbonyl (C=O) groups is 1. The molecule has 0 unspecified atom stereocenters. The molecule has 2 rings (SSSR count). The molecule has 1 amide bonds. The van der Waals surface area contributed by atoms with E-state index in [1.807, 2.05) is 18.2 Å². The van der Waals surface area contributed by atoms with Crippen LogP contribution in [-0.2, 0) is 4.74 Å². The summed E-state index contributed by atoms with van der Waals surface area (Å²) in [5.41, 5.74) is 0.994. The quantitative estimate of drug-likeness (QED) is 0.914. The second kappa shape index (κ2) is 5.41. The molecule has 0 radical (unpaired) electrons. The van der Waals surface area contributed by atoms with Gasteiger partial charge in [0.1, 0.15) is 12.4 Å². The van der Waals surface area contributed by atoms with Gasteiger partial charge in [-0.15, -0.1) is 12.4 Å². The summed E-state index contributed by atoms with van der Waals surface area (Å²) < 4.78 is 10.8. The van der Waals surface area contributed by atoms with Crippen LogP contribution in [0.2, 0.25) is 0 Å². The third-order valence-corrected chi connectivity index (χ3v) is 2.87. The predicted molar refractivity (Wildman–Crippen MR) is 65.2 cm³/mol. The number of ether oxygens (including phenoxy) is 2. The van der Waals surface area contributed by atoms with Crippen LogP contribution in [0.15, 0.2) is 22.7 Å². The van der Waals surface area contributed by atoms with Crippen molar-refractivity contribution in [3.8, 4) is 5.75 Å². The monoisotopic (exact) mass is 307 g/mol. The highest BCUT2D eigenvalue weighted by molar-refractivity contribution is 9.10. The summed E-state index contributed by atoms with van der Waals surface area (Å²) in [6, 6.07) is 5.60. The van der Waals surface area contributed by atoms with Crippen LogP contribution < -0.4 is 10.1 Å². The number of rotatable bonds is 2. The second-order valence-electron chi connectivity index (χ2n) is 3.19. The van der Waals surface area contributed by atoms with Crippen LogP contribution >= 0.6 is 28.3 Å². The molecule has 1 atom stereocenters. The van der Waals surface area contributed by atoms with Crippen LogP contribution in [0.25, 0.3) is 0 Å². The molecule has 0 aliphatic carbocycles. The van der Waals surface area contributed by atoms with Crippen molar-refractivity contribution in [1.82, 2.24) is 5.32 Å². The van der Waals surface area contributed by atoms with Crippen molar-refractivity contribution in [3.63, 3.8) is 0 Å². The number of alkyl carbamates (subject to hydrolysis) is 1. The Morgan fingerprint density at radius 3 is 2.81 bits per heavy atom. The standard InChI is InChI=1S/C10H10BrNO3.ClH/c1-14-9-3-2-6(4-7(9)11)8-5-15-10(13)12-8;/h2-4,8H,5H2,1H3,(H,12,13);1H/t8-;/m1./s1. The van der Waals surface area contributed by atoms with E-state index in [0.717, 1.165) is 15.8 Å². The molecule has 1 aromatic carbocycles. The molecule has 6 heteroatoms. The maximum absolute atomic E-state index is 10.9. The van der Waals surface area contributed by atoms with Crippen LogP contribution in [0.4, 0.5) is 4.79 Å². The molecule has 88 valence electrons. The molecular formula is C10H11BrClNO3. The summed E-state index contributed by atoms with van der Waals surface area (Å²) >= 11 is 3.39. The Labute approximate surface area is 108 Å². The zero-order chi connectivity index (χ0) is 10.8. The number of benzene rings is 1. The van der Waals surface area contributed by atoms with E-state index in [1.165, 1.54) is 0 Å². The lowest BCUT2D eigenvalue weighted by Gasteiger charge is -2.10. The highest BCUT2D eigenvalue weighted by Crippen LogP contribution is 2.29. The minimum Gasteiger partial charge on any atom is -0.496 e. The van der Waals surface area contributed by atoms with Gasteiger partial charge in [-0.1, -0.05) is 6.07 Å². The number of halogens is 2. The lowest BCUT2D eigenvalue weighted by molar-refractivity contribution is 0.177. The Kier molecular flexibility index (Phi) is 4.44. The van der Waals surface area contributed by atoms with Crippen LogP contribution in [0, 0.1) is 0 Å². The zero-order valence-corrected chi connectivity index (χ0v) is 10.9. The fraction of sp³-hybridized carbons (Fsp3) is 0.300. The molecule has 1 aromatic rings. The zero-order valence-electron chi connectivity index (χ0n) is 8.53. The SMILES string of the molecule is COc1ccc([C@H]2COC(=O)N2)cc1Br.Cl. The highest BCUT2D eigenvalue weighted by atomic mass is 79.9. The van der Waals surface area contributed by atoms with E-state index in [9.17, 15) is 4.79 Å². The highest BCUT2D eigenvalue weighted by Gasteiger charge is 2.24. The van der Waals surface area contributed by atoms with E-state index in [2.05, 4.69) is 21.2 Å². The van der Waals surface area contributed by atoms with Crippen LogP contribution in [-0.4, -0.2) is 19.8 Å².